The Morgan fingerprint density at radius 1 is 1.20 bits per heavy atom. The van der Waals surface area contributed by atoms with Gasteiger partial charge >= 0.3 is 11.2 Å². The minimum atomic E-state index is -0.340. The van der Waals surface area contributed by atoms with Crippen molar-refractivity contribution in [1.29, 1.82) is 0 Å². The monoisotopic (exact) mass is 441 g/mol. The van der Waals surface area contributed by atoms with E-state index >= 15 is 0 Å². The van der Waals surface area contributed by atoms with Gasteiger partial charge in [-0.2, -0.15) is 10.1 Å². The smallest absolute Gasteiger partial charge is 0.307 e. The van der Waals surface area contributed by atoms with Crippen LogP contribution in [-0.4, -0.2) is 39.6 Å². The van der Waals surface area contributed by atoms with Crippen LogP contribution in [0.5, 0.6) is 0 Å². The molecule has 0 fully saturated rings. The Kier molecular flexibility index (Phi) is 6.20. The maximum absolute atomic E-state index is 12.1. The number of nitrogens with zero attached hydrogens (tertiary/aromatic N) is 3. The van der Waals surface area contributed by atoms with Crippen molar-refractivity contribution in [2.45, 2.75) is 31.1 Å². The first-order valence-electron chi connectivity index (χ1n) is 9.61. The first-order chi connectivity index (χ1) is 14.5. The van der Waals surface area contributed by atoms with E-state index in [0.29, 0.717) is 23.7 Å². The maximum atomic E-state index is 12.1. The molecule has 8 heteroatoms. The number of benzene rings is 2. The van der Waals surface area contributed by atoms with Crippen molar-refractivity contribution in [2.75, 3.05) is 6.61 Å². The van der Waals surface area contributed by atoms with Crippen LogP contribution in [0.1, 0.15) is 36.9 Å². The van der Waals surface area contributed by atoms with E-state index in [4.69, 9.17) is 21.4 Å². The highest BCUT2D eigenvalue weighted by Crippen LogP contribution is 2.38. The van der Waals surface area contributed by atoms with E-state index in [1.165, 1.54) is 6.92 Å². The van der Waals surface area contributed by atoms with Gasteiger partial charge in [0.15, 0.2) is 0 Å². The first-order valence-corrected chi connectivity index (χ1v) is 10.9. The van der Waals surface area contributed by atoms with Gasteiger partial charge in [0.25, 0.3) is 0 Å². The molecule has 0 unspecified atom stereocenters. The molecule has 6 nitrogen and oxygen atoms in total. The fourth-order valence-electron chi connectivity index (χ4n) is 3.53. The number of thioether (sulfide) groups is 1. The number of amidine groups is 1. The second-order valence-corrected chi connectivity index (χ2v) is 8.59. The van der Waals surface area contributed by atoms with Crippen LogP contribution in [0, 0.1) is 0 Å². The van der Waals surface area contributed by atoms with Crippen molar-refractivity contribution in [3.05, 3.63) is 70.7 Å². The van der Waals surface area contributed by atoms with Crippen molar-refractivity contribution in [3.63, 3.8) is 0 Å². The highest BCUT2D eigenvalue weighted by atomic mass is 35.5. The summed E-state index contributed by atoms with van der Waals surface area (Å²) in [6.07, 6.45) is 1.18. The average Bonchev–Trinajstić information content (AvgIpc) is 3.32. The van der Waals surface area contributed by atoms with Crippen LogP contribution in [-0.2, 0) is 9.53 Å². The normalized spacial score (nSPS) is 20.9. The third-order valence-corrected chi connectivity index (χ3v) is 6.21. The van der Waals surface area contributed by atoms with Gasteiger partial charge in [-0.1, -0.05) is 65.8 Å². The van der Waals surface area contributed by atoms with Crippen LogP contribution in [0.2, 0.25) is 5.02 Å². The minimum absolute atomic E-state index is 0.0982. The Balaban J connectivity index is 1.65. The van der Waals surface area contributed by atoms with E-state index < -0.39 is 0 Å². The number of hydrogen-bond acceptors (Lipinski definition) is 6. The Morgan fingerprint density at radius 3 is 2.63 bits per heavy atom. The third-order valence-electron chi connectivity index (χ3n) is 4.93. The molecule has 0 saturated carbocycles. The number of hydrogen-bond donors (Lipinski definition) is 0. The number of ether oxygens (including phenoxy) is 1. The summed E-state index contributed by atoms with van der Waals surface area (Å²) in [5, 5.41) is 6.90. The van der Waals surface area contributed by atoms with Crippen molar-refractivity contribution in [1.82, 2.24) is 5.01 Å². The molecule has 0 aromatic heterocycles. The third kappa shape index (κ3) is 4.57. The topological polar surface area (TPSA) is 71.3 Å². The summed E-state index contributed by atoms with van der Waals surface area (Å²) in [5.41, 5.74) is 3.01. The number of aliphatic imine (C=N–C) groups is 1. The van der Waals surface area contributed by atoms with Crippen LogP contribution in [0.3, 0.4) is 0 Å². The Labute approximate surface area is 184 Å². The molecule has 0 spiro atoms. The SMILES string of the molecule is CC(=O)OCC[C@@H]1SC(=O)N=C1N1N=C(c2ccccc2)C[C@@H]1c1ccc(Cl)cc1. The van der Waals surface area contributed by atoms with Gasteiger partial charge in [-0.25, -0.2) is 5.01 Å². The average molecular weight is 442 g/mol. The van der Waals surface area contributed by atoms with Gasteiger partial charge in [0.2, 0.25) is 0 Å². The van der Waals surface area contributed by atoms with E-state index in [2.05, 4.69) is 4.99 Å². The van der Waals surface area contributed by atoms with Gasteiger partial charge in [0, 0.05) is 24.8 Å². The van der Waals surface area contributed by atoms with Gasteiger partial charge in [-0.3, -0.25) is 9.59 Å². The molecule has 0 saturated heterocycles. The molecular formula is C22H20ClN3O3S. The summed E-state index contributed by atoms with van der Waals surface area (Å²) in [4.78, 5) is 27.5. The fraction of sp³-hybridized carbons (Fsp3) is 0.273. The van der Waals surface area contributed by atoms with E-state index in [0.717, 1.165) is 28.6 Å². The fourth-order valence-corrected chi connectivity index (χ4v) is 4.53. The molecule has 2 atom stereocenters. The number of esters is 1. The Hall–Kier alpha value is -2.64. The lowest BCUT2D eigenvalue weighted by Gasteiger charge is -2.26. The number of carbonyl (C=O) groups excluding carboxylic acids is 2. The molecule has 30 heavy (non-hydrogen) atoms. The van der Waals surface area contributed by atoms with E-state index in [-0.39, 0.29) is 29.1 Å². The van der Waals surface area contributed by atoms with Gasteiger partial charge in [0.05, 0.1) is 23.6 Å². The molecule has 154 valence electrons. The highest BCUT2D eigenvalue weighted by Gasteiger charge is 2.39. The zero-order valence-corrected chi connectivity index (χ0v) is 17.9. The van der Waals surface area contributed by atoms with E-state index in [1.54, 1.807) is 0 Å². The number of amides is 1. The minimum Gasteiger partial charge on any atom is -0.466 e. The van der Waals surface area contributed by atoms with Crippen LogP contribution < -0.4 is 0 Å². The molecule has 0 radical (unpaired) electrons. The summed E-state index contributed by atoms with van der Waals surface area (Å²) in [6.45, 7) is 1.60. The van der Waals surface area contributed by atoms with Crippen LogP contribution in [0.25, 0.3) is 0 Å². The molecule has 2 aliphatic heterocycles. The lowest BCUT2D eigenvalue weighted by Crippen LogP contribution is -2.33. The molecule has 1 amide bonds. The molecule has 0 N–H and O–H groups in total. The molecule has 2 heterocycles. The zero-order chi connectivity index (χ0) is 21.1. The second kappa shape index (κ2) is 9.02. The number of rotatable bonds is 5. The zero-order valence-electron chi connectivity index (χ0n) is 16.3. The predicted molar refractivity (Wildman–Crippen MR) is 119 cm³/mol. The standard InChI is InChI=1S/C22H20ClN3O3S/c1-14(27)29-12-11-20-21(24-22(28)30-20)26-19(16-7-9-17(23)10-8-16)13-18(25-26)15-5-3-2-4-6-15/h2-10,19-20H,11-13H2,1H3/t19-,20+/m1/s1. The van der Waals surface area contributed by atoms with Crippen molar-refractivity contribution in [3.8, 4) is 0 Å². The van der Waals surface area contributed by atoms with Crippen LogP contribution in [0.15, 0.2) is 64.7 Å². The van der Waals surface area contributed by atoms with Gasteiger partial charge in [-0.05, 0) is 23.3 Å². The molecule has 4 rings (SSSR count). The van der Waals surface area contributed by atoms with E-state index in [9.17, 15) is 9.59 Å². The molecule has 2 aromatic carbocycles. The summed E-state index contributed by atoms with van der Waals surface area (Å²) >= 11 is 7.22. The van der Waals surface area contributed by atoms with Crippen molar-refractivity contribution < 1.29 is 14.3 Å². The number of halogens is 1. The van der Waals surface area contributed by atoms with Gasteiger partial charge in [0.1, 0.15) is 5.84 Å². The molecule has 2 aliphatic rings. The lowest BCUT2D eigenvalue weighted by molar-refractivity contribution is -0.140. The molecular weight excluding hydrogens is 422 g/mol. The van der Waals surface area contributed by atoms with Crippen LogP contribution in [0.4, 0.5) is 4.79 Å². The lowest BCUT2D eigenvalue weighted by atomic mass is 9.98. The summed E-state index contributed by atoms with van der Waals surface area (Å²) in [6, 6.07) is 17.5. The quantitative estimate of drug-likeness (QED) is 0.605. The summed E-state index contributed by atoms with van der Waals surface area (Å²) < 4.78 is 5.08. The van der Waals surface area contributed by atoms with Crippen LogP contribution >= 0.6 is 23.4 Å². The number of carbonyl (C=O) groups is 2. The maximum Gasteiger partial charge on any atom is 0.307 e. The van der Waals surface area contributed by atoms with Crippen molar-refractivity contribution >= 4 is 46.1 Å². The number of hydrazone groups is 1. The summed E-state index contributed by atoms with van der Waals surface area (Å²) in [5.74, 6) is 0.260. The molecule has 0 aliphatic carbocycles. The Bertz CT molecular complexity index is 1010. The van der Waals surface area contributed by atoms with Crippen molar-refractivity contribution in [2.24, 2.45) is 10.1 Å². The Morgan fingerprint density at radius 2 is 1.93 bits per heavy atom. The highest BCUT2D eigenvalue weighted by molar-refractivity contribution is 8.15. The second-order valence-electron chi connectivity index (χ2n) is 7.00. The van der Waals surface area contributed by atoms with Gasteiger partial charge in [-0.15, -0.1) is 0 Å². The predicted octanol–water partition coefficient (Wildman–Crippen LogP) is 5.08. The molecule has 0 bridgehead atoms. The first kappa shape index (κ1) is 20.6. The van der Waals surface area contributed by atoms with E-state index in [1.807, 2.05) is 59.6 Å². The molecule has 2 aromatic rings. The van der Waals surface area contributed by atoms with Gasteiger partial charge < -0.3 is 4.74 Å². The largest absolute Gasteiger partial charge is 0.466 e. The summed E-state index contributed by atoms with van der Waals surface area (Å²) in [7, 11) is 0.